The summed E-state index contributed by atoms with van der Waals surface area (Å²) in [5.41, 5.74) is 7.81. The molecule has 1 aromatic carbocycles. The Morgan fingerprint density at radius 1 is 1.39 bits per heavy atom. The van der Waals surface area contributed by atoms with E-state index in [9.17, 15) is 8.78 Å². The molecule has 0 saturated heterocycles. The molecule has 1 aliphatic rings. The molecule has 0 amide bonds. The van der Waals surface area contributed by atoms with Crippen molar-refractivity contribution in [3.8, 4) is 0 Å². The fourth-order valence-electron chi connectivity index (χ4n) is 4.06. The second-order valence-corrected chi connectivity index (χ2v) is 6.24. The highest BCUT2D eigenvalue weighted by atomic mass is 19.2. The normalized spacial score (nSPS) is 27.9. The topological polar surface area (TPSA) is 85.3 Å². The van der Waals surface area contributed by atoms with Crippen LogP contribution in [0.4, 0.5) is 20.2 Å². The van der Waals surface area contributed by atoms with Gasteiger partial charge in [-0.15, -0.1) is 0 Å². The van der Waals surface area contributed by atoms with Crippen LogP contribution in [-0.2, 0) is 10.3 Å². The lowest BCUT2D eigenvalue weighted by molar-refractivity contribution is -0.126. The van der Waals surface area contributed by atoms with Gasteiger partial charge in [-0.1, -0.05) is 13.3 Å². The molecular formula is C16H26F2N4O. The van der Waals surface area contributed by atoms with E-state index in [2.05, 4.69) is 10.7 Å². The van der Waals surface area contributed by atoms with E-state index in [1.54, 1.807) is 0 Å². The van der Waals surface area contributed by atoms with E-state index in [4.69, 9.17) is 16.3 Å². The molecule has 0 bridgehead atoms. The number of hydrogen-bond donors (Lipinski definition) is 4. The van der Waals surface area contributed by atoms with Gasteiger partial charge in [0, 0.05) is 31.2 Å². The van der Waals surface area contributed by atoms with Crippen LogP contribution in [0.15, 0.2) is 6.07 Å². The minimum Gasteiger partial charge on any atom is -0.397 e. The van der Waals surface area contributed by atoms with Crippen molar-refractivity contribution in [3.05, 3.63) is 23.3 Å². The number of anilines is 2. The molecule has 1 saturated carbocycles. The number of rotatable bonds is 5. The average Bonchev–Trinajstić information content (AvgIpc) is 2.53. The molecule has 0 radical (unpaired) electrons. The third kappa shape index (κ3) is 2.77. The minimum absolute atomic E-state index is 0.0103. The predicted molar refractivity (Wildman–Crippen MR) is 87.7 cm³/mol. The van der Waals surface area contributed by atoms with Crippen molar-refractivity contribution in [2.45, 2.75) is 31.8 Å². The molecular weight excluding hydrogens is 302 g/mol. The number of methoxy groups -OCH3 is 1. The van der Waals surface area contributed by atoms with Crippen LogP contribution in [0.1, 0.15) is 31.7 Å². The van der Waals surface area contributed by atoms with Gasteiger partial charge in [-0.25, -0.2) is 8.78 Å². The van der Waals surface area contributed by atoms with Crippen molar-refractivity contribution in [2.75, 3.05) is 31.9 Å². The van der Waals surface area contributed by atoms with Crippen LogP contribution in [0.25, 0.3) is 0 Å². The number of halogens is 2. The van der Waals surface area contributed by atoms with Gasteiger partial charge >= 0.3 is 0 Å². The third-order valence-electron chi connectivity index (χ3n) is 5.12. The SMILES string of the molecule is CNCC1CCCC(C)C1(OC)c1c(N)c(NN)cc(F)c1F. The highest BCUT2D eigenvalue weighted by molar-refractivity contribution is 5.71. The number of hydrogen-bond acceptors (Lipinski definition) is 5. The lowest BCUT2D eigenvalue weighted by atomic mass is 9.64. The molecule has 3 atom stereocenters. The van der Waals surface area contributed by atoms with E-state index < -0.39 is 17.2 Å². The second-order valence-electron chi connectivity index (χ2n) is 6.24. The van der Waals surface area contributed by atoms with Crippen molar-refractivity contribution in [3.63, 3.8) is 0 Å². The second kappa shape index (κ2) is 6.98. The number of nitrogens with one attached hydrogen (secondary N) is 2. The summed E-state index contributed by atoms with van der Waals surface area (Å²) in [6.07, 6.45) is 2.71. The van der Waals surface area contributed by atoms with Gasteiger partial charge in [0.15, 0.2) is 11.6 Å². The summed E-state index contributed by atoms with van der Waals surface area (Å²) < 4.78 is 34.7. The van der Waals surface area contributed by atoms with E-state index in [1.165, 1.54) is 7.11 Å². The van der Waals surface area contributed by atoms with E-state index in [-0.39, 0.29) is 28.8 Å². The van der Waals surface area contributed by atoms with Crippen molar-refractivity contribution in [2.24, 2.45) is 17.7 Å². The van der Waals surface area contributed by atoms with Crippen LogP contribution in [-0.4, -0.2) is 20.7 Å². The zero-order valence-electron chi connectivity index (χ0n) is 13.9. The van der Waals surface area contributed by atoms with Crippen molar-refractivity contribution >= 4 is 11.4 Å². The number of benzene rings is 1. The van der Waals surface area contributed by atoms with Crippen LogP contribution in [0.3, 0.4) is 0 Å². The van der Waals surface area contributed by atoms with Crippen LogP contribution < -0.4 is 22.3 Å². The van der Waals surface area contributed by atoms with E-state index in [1.807, 2.05) is 14.0 Å². The van der Waals surface area contributed by atoms with E-state index in [0.29, 0.717) is 6.54 Å². The lowest BCUT2D eigenvalue weighted by Crippen LogP contribution is -2.50. The number of nitrogen functional groups attached to an aromatic ring is 2. The molecule has 0 heterocycles. The molecule has 2 rings (SSSR count). The molecule has 0 aromatic heterocycles. The Hall–Kier alpha value is -1.44. The number of nitrogens with two attached hydrogens (primary N) is 2. The van der Waals surface area contributed by atoms with Gasteiger partial charge < -0.3 is 21.2 Å². The first-order valence-electron chi connectivity index (χ1n) is 7.88. The first kappa shape index (κ1) is 17.9. The first-order chi connectivity index (χ1) is 10.9. The molecule has 3 unspecified atom stereocenters. The van der Waals surface area contributed by atoms with Gasteiger partial charge in [-0.3, -0.25) is 5.84 Å². The molecule has 130 valence electrons. The highest BCUT2D eigenvalue weighted by Gasteiger charge is 2.50. The van der Waals surface area contributed by atoms with E-state index >= 15 is 0 Å². The molecule has 0 aliphatic heterocycles. The number of ether oxygens (including phenoxy) is 1. The molecule has 0 spiro atoms. The maximum atomic E-state index is 14.8. The fourth-order valence-corrected chi connectivity index (χ4v) is 4.06. The van der Waals surface area contributed by atoms with Crippen LogP contribution in [0.2, 0.25) is 0 Å². The number of hydrazine groups is 1. The Morgan fingerprint density at radius 3 is 2.65 bits per heavy atom. The van der Waals surface area contributed by atoms with Crippen LogP contribution in [0, 0.1) is 23.5 Å². The fraction of sp³-hybridized carbons (Fsp3) is 0.625. The minimum atomic E-state index is -0.997. The van der Waals surface area contributed by atoms with Crippen LogP contribution >= 0.6 is 0 Å². The smallest absolute Gasteiger partial charge is 0.167 e. The van der Waals surface area contributed by atoms with Crippen molar-refractivity contribution in [1.82, 2.24) is 5.32 Å². The monoisotopic (exact) mass is 328 g/mol. The molecule has 1 aliphatic carbocycles. The molecule has 5 nitrogen and oxygen atoms in total. The first-order valence-corrected chi connectivity index (χ1v) is 7.88. The maximum Gasteiger partial charge on any atom is 0.167 e. The summed E-state index contributed by atoms with van der Waals surface area (Å²) in [5, 5.41) is 3.12. The van der Waals surface area contributed by atoms with E-state index in [0.717, 1.165) is 25.3 Å². The summed E-state index contributed by atoms with van der Waals surface area (Å²) in [7, 11) is 3.36. The Bertz CT molecular complexity index is 568. The quantitative estimate of drug-likeness (QED) is 0.379. The van der Waals surface area contributed by atoms with Gasteiger partial charge in [-0.2, -0.15) is 0 Å². The third-order valence-corrected chi connectivity index (χ3v) is 5.12. The lowest BCUT2D eigenvalue weighted by Gasteiger charge is -2.48. The zero-order valence-corrected chi connectivity index (χ0v) is 13.9. The zero-order chi connectivity index (χ0) is 17.2. The van der Waals surface area contributed by atoms with Gasteiger partial charge in [-0.05, 0) is 25.8 Å². The van der Waals surface area contributed by atoms with Crippen LogP contribution in [0.5, 0.6) is 0 Å². The Balaban J connectivity index is 2.73. The average molecular weight is 328 g/mol. The standard InChI is InChI=1S/C16H26F2N4O/c1-9-5-4-6-10(8-21-2)16(9,23-3)13-14(18)11(17)7-12(22-20)15(13)19/h7,9-10,21-22H,4-6,8,19-20H2,1-3H3. The summed E-state index contributed by atoms with van der Waals surface area (Å²) in [6.45, 7) is 2.61. The predicted octanol–water partition coefficient (Wildman–Crippen LogP) is 2.33. The Kier molecular flexibility index (Phi) is 5.44. The molecule has 7 heteroatoms. The van der Waals surface area contributed by atoms with Crippen molar-refractivity contribution < 1.29 is 13.5 Å². The molecule has 1 aromatic rings. The summed E-state index contributed by atoms with van der Waals surface area (Å²) >= 11 is 0. The Morgan fingerprint density at radius 2 is 2.09 bits per heavy atom. The summed E-state index contributed by atoms with van der Waals surface area (Å²) in [4.78, 5) is 0. The van der Waals surface area contributed by atoms with Gasteiger partial charge in [0.2, 0.25) is 0 Å². The largest absolute Gasteiger partial charge is 0.397 e. The van der Waals surface area contributed by atoms with Gasteiger partial charge in [0.05, 0.1) is 11.4 Å². The molecule has 23 heavy (non-hydrogen) atoms. The van der Waals surface area contributed by atoms with Crippen molar-refractivity contribution in [1.29, 1.82) is 0 Å². The maximum absolute atomic E-state index is 14.8. The summed E-state index contributed by atoms with van der Waals surface area (Å²) in [6, 6.07) is 0.970. The highest BCUT2D eigenvalue weighted by Crippen LogP contribution is 2.51. The molecule has 1 fully saturated rings. The Labute approximate surface area is 135 Å². The summed E-state index contributed by atoms with van der Waals surface area (Å²) in [5.74, 6) is 3.43. The molecule has 6 N–H and O–H groups in total. The van der Waals surface area contributed by atoms with Gasteiger partial charge in [0.25, 0.3) is 0 Å². The van der Waals surface area contributed by atoms with Gasteiger partial charge in [0.1, 0.15) is 5.60 Å².